The Balaban J connectivity index is 2.28. The van der Waals surface area contributed by atoms with Gasteiger partial charge in [-0.05, 0) is 38.5 Å². The summed E-state index contributed by atoms with van der Waals surface area (Å²) in [5, 5.41) is 9.75. The maximum Gasteiger partial charge on any atom is 0.373 e. The fourth-order valence-electron chi connectivity index (χ4n) is 2.68. The summed E-state index contributed by atoms with van der Waals surface area (Å²) in [7, 11) is 0. The van der Waals surface area contributed by atoms with E-state index in [1.165, 1.54) is 0 Å². The molecule has 0 saturated heterocycles. The lowest BCUT2D eigenvalue weighted by Crippen LogP contribution is -2.36. The van der Waals surface area contributed by atoms with E-state index in [1.807, 2.05) is 0 Å². The second-order valence-corrected chi connectivity index (χ2v) is 4.40. The van der Waals surface area contributed by atoms with Gasteiger partial charge in [-0.25, -0.2) is 4.79 Å². The van der Waals surface area contributed by atoms with E-state index in [0.717, 1.165) is 25.7 Å². The minimum Gasteiger partial charge on any atom is -0.502 e. The average Bonchev–Trinajstić information content (AvgIpc) is 2.30. The zero-order valence-electron chi connectivity index (χ0n) is 9.36. The van der Waals surface area contributed by atoms with Crippen LogP contribution in [-0.2, 0) is 14.3 Å². The molecule has 0 aromatic carbocycles. The molecule has 3 aliphatic carbocycles. The Hall–Kier alpha value is -1.32. The molecule has 4 nitrogen and oxygen atoms in total. The fourth-order valence-corrected chi connectivity index (χ4v) is 2.68. The molecular weight excluding hydrogens is 208 g/mol. The number of carbonyl (C=O) groups is 2. The Morgan fingerprint density at radius 3 is 2.38 bits per heavy atom. The third-order valence-corrected chi connectivity index (χ3v) is 3.50. The SMILES string of the molecule is CCOC(=O)C(O)=C1C(=O)C2CCC1CC2. The first-order valence-corrected chi connectivity index (χ1v) is 5.79. The van der Waals surface area contributed by atoms with Crippen LogP contribution in [0, 0.1) is 11.8 Å². The van der Waals surface area contributed by atoms with E-state index in [4.69, 9.17) is 4.74 Å². The zero-order chi connectivity index (χ0) is 11.7. The van der Waals surface area contributed by atoms with Gasteiger partial charge < -0.3 is 9.84 Å². The van der Waals surface area contributed by atoms with Crippen molar-refractivity contribution in [2.24, 2.45) is 11.8 Å². The van der Waals surface area contributed by atoms with E-state index in [9.17, 15) is 14.7 Å². The van der Waals surface area contributed by atoms with Crippen molar-refractivity contribution in [3.05, 3.63) is 11.3 Å². The van der Waals surface area contributed by atoms with Gasteiger partial charge in [0.2, 0.25) is 5.76 Å². The first-order chi connectivity index (χ1) is 7.65. The van der Waals surface area contributed by atoms with Crippen LogP contribution in [0.2, 0.25) is 0 Å². The number of hydrogen-bond acceptors (Lipinski definition) is 4. The minimum absolute atomic E-state index is 0.0107. The molecule has 0 aromatic rings. The zero-order valence-corrected chi connectivity index (χ0v) is 9.36. The largest absolute Gasteiger partial charge is 0.502 e. The number of aliphatic hydroxyl groups is 1. The number of fused-ring (bicyclic) bond motifs is 3. The van der Waals surface area contributed by atoms with Crippen molar-refractivity contribution in [3.63, 3.8) is 0 Å². The summed E-state index contributed by atoms with van der Waals surface area (Å²) in [5.41, 5.74) is 0.320. The first-order valence-electron chi connectivity index (χ1n) is 5.79. The summed E-state index contributed by atoms with van der Waals surface area (Å²) in [4.78, 5) is 23.3. The number of ketones is 1. The first kappa shape index (κ1) is 11.2. The van der Waals surface area contributed by atoms with Crippen molar-refractivity contribution in [3.8, 4) is 0 Å². The Labute approximate surface area is 94.3 Å². The molecule has 0 amide bonds. The second kappa shape index (κ2) is 4.28. The minimum atomic E-state index is -0.765. The third-order valence-electron chi connectivity index (χ3n) is 3.50. The van der Waals surface area contributed by atoms with Gasteiger partial charge in [0, 0.05) is 11.5 Å². The van der Waals surface area contributed by atoms with E-state index in [1.54, 1.807) is 6.92 Å². The molecule has 0 aromatic heterocycles. The fraction of sp³-hybridized carbons (Fsp3) is 0.667. The molecule has 16 heavy (non-hydrogen) atoms. The highest BCUT2D eigenvalue weighted by Crippen LogP contribution is 2.43. The molecule has 0 atom stereocenters. The van der Waals surface area contributed by atoms with Crippen molar-refractivity contribution in [1.82, 2.24) is 0 Å². The summed E-state index contributed by atoms with van der Waals surface area (Å²) >= 11 is 0. The lowest BCUT2D eigenvalue weighted by molar-refractivity contribution is -0.142. The summed E-state index contributed by atoms with van der Waals surface area (Å²) < 4.78 is 4.71. The molecule has 0 unspecified atom stereocenters. The number of aliphatic hydroxyl groups excluding tert-OH is 1. The number of rotatable bonds is 2. The van der Waals surface area contributed by atoms with Gasteiger partial charge in [0.05, 0.1) is 6.61 Å². The van der Waals surface area contributed by atoms with Crippen molar-refractivity contribution in [1.29, 1.82) is 0 Å². The summed E-state index contributed by atoms with van der Waals surface area (Å²) in [6, 6.07) is 0. The summed E-state index contributed by atoms with van der Waals surface area (Å²) in [5.74, 6) is -1.20. The third kappa shape index (κ3) is 1.72. The molecule has 3 aliphatic rings. The van der Waals surface area contributed by atoms with E-state index < -0.39 is 11.7 Å². The van der Waals surface area contributed by atoms with Crippen molar-refractivity contribution in [2.45, 2.75) is 32.6 Å². The molecule has 0 spiro atoms. The van der Waals surface area contributed by atoms with Crippen LogP contribution >= 0.6 is 0 Å². The summed E-state index contributed by atoms with van der Waals surface area (Å²) in [6.07, 6.45) is 3.58. The highest BCUT2D eigenvalue weighted by atomic mass is 16.5. The van der Waals surface area contributed by atoms with Crippen LogP contribution in [-0.4, -0.2) is 23.5 Å². The Morgan fingerprint density at radius 1 is 1.31 bits per heavy atom. The van der Waals surface area contributed by atoms with Gasteiger partial charge in [-0.3, -0.25) is 4.79 Å². The van der Waals surface area contributed by atoms with E-state index >= 15 is 0 Å². The van der Waals surface area contributed by atoms with Crippen LogP contribution < -0.4 is 0 Å². The maximum absolute atomic E-state index is 11.9. The van der Waals surface area contributed by atoms with Gasteiger partial charge in [0.15, 0.2) is 5.78 Å². The smallest absolute Gasteiger partial charge is 0.373 e. The highest BCUT2D eigenvalue weighted by Gasteiger charge is 2.41. The molecule has 88 valence electrons. The Kier molecular flexibility index (Phi) is 2.99. The van der Waals surface area contributed by atoms with E-state index in [-0.39, 0.29) is 24.2 Å². The van der Waals surface area contributed by atoms with Crippen LogP contribution in [0.25, 0.3) is 0 Å². The predicted octanol–water partition coefficient (Wildman–Crippen LogP) is 1.75. The predicted molar refractivity (Wildman–Crippen MR) is 56.7 cm³/mol. The Bertz CT molecular complexity index is 348. The normalized spacial score (nSPS) is 31.4. The molecule has 0 heterocycles. The molecule has 3 saturated carbocycles. The van der Waals surface area contributed by atoms with Gasteiger partial charge in [-0.1, -0.05) is 0 Å². The number of esters is 1. The summed E-state index contributed by atoms with van der Waals surface area (Å²) in [6.45, 7) is 1.88. The highest BCUT2D eigenvalue weighted by molar-refractivity contribution is 6.05. The second-order valence-electron chi connectivity index (χ2n) is 4.40. The molecule has 1 N–H and O–H groups in total. The lowest BCUT2D eigenvalue weighted by atomic mass is 9.66. The topological polar surface area (TPSA) is 63.6 Å². The standard InChI is InChI=1S/C12H16O4/c1-2-16-12(15)11(14)9-7-3-5-8(6-4-7)10(9)13/h7-8,14H,2-6H2,1H3. The molecule has 4 heteroatoms. The van der Waals surface area contributed by atoms with Crippen molar-refractivity contribution in [2.75, 3.05) is 6.61 Å². The van der Waals surface area contributed by atoms with Crippen molar-refractivity contribution >= 4 is 11.8 Å². The number of ether oxygens (including phenoxy) is 1. The van der Waals surface area contributed by atoms with Gasteiger partial charge >= 0.3 is 5.97 Å². The van der Waals surface area contributed by atoms with E-state index in [2.05, 4.69) is 0 Å². The van der Waals surface area contributed by atoms with Crippen LogP contribution in [0.4, 0.5) is 0 Å². The van der Waals surface area contributed by atoms with Crippen LogP contribution in [0.3, 0.4) is 0 Å². The molecular formula is C12H16O4. The van der Waals surface area contributed by atoms with Gasteiger partial charge in [-0.15, -0.1) is 0 Å². The van der Waals surface area contributed by atoms with Crippen LogP contribution in [0.15, 0.2) is 11.3 Å². The molecule has 3 rings (SSSR count). The van der Waals surface area contributed by atoms with Crippen LogP contribution in [0.1, 0.15) is 32.6 Å². The van der Waals surface area contributed by atoms with E-state index in [0.29, 0.717) is 5.57 Å². The Morgan fingerprint density at radius 2 is 1.88 bits per heavy atom. The number of allylic oxidation sites excluding steroid dienone is 1. The van der Waals surface area contributed by atoms with Crippen LogP contribution in [0.5, 0.6) is 0 Å². The van der Waals surface area contributed by atoms with Gasteiger partial charge in [0.25, 0.3) is 0 Å². The molecule has 0 aliphatic heterocycles. The number of carbonyl (C=O) groups excluding carboxylic acids is 2. The lowest BCUT2D eigenvalue weighted by Gasteiger charge is -2.36. The molecule has 3 fully saturated rings. The molecule has 0 radical (unpaired) electrons. The number of Topliss-reactive ketones (excluding diaryl/α,β-unsaturated/α-hetero) is 1. The van der Waals surface area contributed by atoms with Crippen molar-refractivity contribution < 1.29 is 19.4 Å². The number of hydrogen-bond donors (Lipinski definition) is 1. The maximum atomic E-state index is 11.9. The van der Waals surface area contributed by atoms with Gasteiger partial charge in [-0.2, -0.15) is 0 Å². The average molecular weight is 224 g/mol. The van der Waals surface area contributed by atoms with Gasteiger partial charge in [0.1, 0.15) is 0 Å². The molecule has 2 bridgehead atoms. The quantitative estimate of drug-likeness (QED) is 0.441. The monoisotopic (exact) mass is 224 g/mol.